The number of rotatable bonds is 3. The van der Waals surface area contributed by atoms with Gasteiger partial charge in [0.1, 0.15) is 9.79 Å². The Morgan fingerprint density at radius 2 is 1.86 bits per heavy atom. The molecule has 22 heavy (non-hydrogen) atoms. The van der Waals surface area contributed by atoms with Crippen LogP contribution in [0, 0.1) is 13.8 Å². The summed E-state index contributed by atoms with van der Waals surface area (Å²) in [4.78, 5) is 12.3. The molecule has 2 aromatic heterocycles. The molecule has 3 rings (SSSR count). The van der Waals surface area contributed by atoms with Gasteiger partial charge in [0.15, 0.2) is 0 Å². The van der Waals surface area contributed by atoms with Gasteiger partial charge in [-0.05, 0) is 43.7 Å². The third-order valence-corrected chi connectivity index (χ3v) is 6.06. The van der Waals surface area contributed by atoms with Crippen LogP contribution in [0.15, 0.2) is 49.8 Å². The molecule has 0 aliphatic rings. The Morgan fingerprint density at radius 1 is 1.09 bits per heavy atom. The Morgan fingerprint density at radius 3 is 2.55 bits per heavy atom. The smallest absolute Gasteiger partial charge is 0.336 e. The quantitative estimate of drug-likeness (QED) is 0.745. The highest BCUT2D eigenvalue weighted by Crippen LogP contribution is 2.25. The lowest BCUT2D eigenvalue weighted by molar-refractivity contribution is 0.560. The van der Waals surface area contributed by atoms with Gasteiger partial charge in [0, 0.05) is 22.4 Å². The first-order valence-corrected chi connectivity index (χ1v) is 8.79. The van der Waals surface area contributed by atoms with E-state index in [1.807, 2.05) is 6.92 Å². The van der Waals surface area contributed by atoms with Crippen LogP contribution in [0.3, 0.4) is 0 Å². The lowest BCUT2D eigenvalue weighted by Crippen LogP contribution is -2.11. The van der Waals surface area contributed by atoms with Gasteiger partial charge in [-0.15, -0.1) is 11.3 Å². The summed E-state index contributed by atoms with van der Waals surface area (Å²) >= 11 is 1.20. The molecule has 0 saturated heterocycles. The molecule has 3 aromatic rings. The van der Waals surface area contributed by atoms with E-state index in [0.29, 0.717) is 11.3 Å². The molecule has 1 aromatic carbocycles. The summed E-state index contributed by atoms with van der Waals surface area (Å²) in [6, 6.07) is 9.61. The third-order valence-electron chi connectivity index (χ3n) is 3.18. The van der Waals surface area contributed by atoms with E-state index in [2.05, 4.69) is 4.72 Å². The minimum Gasteiger partial charge on any atom is -0.423 e. The molecular weight excluding hydrogens is 322 g/mol. The highest BCUT2D eigenvalue weighted by molar-refractivity contribution is 7.94. The summed E-state index contributed by atoms with van der Waals surface area (Å²) in [7, 11) is -3.63. The number of hydrogen-bond acceptors (Lipinski definition) is 5. The van der Waals surface area contributed by atoms with Crippen LogP contribution >= 0.6 is 11.3 Å². The first-order chi connectivity index (χ1) is 10.3. The molecule has 114 valence electrons. The van der Waals surface area contributed by atoms with Crippen LogP contribution in [0.1, 0.15) is 10.4 Å². The lowest BCUT2D eigenvalue weighted by atomic mass is 10.1. The molecule has 2 heterocycles. The van der Waals surface area contributed by atoms with Gasteiger partial charge in [-0.2, -0.15) is 0 Å². The Bertz CT molecular complexity index is 1020. The number of anilines is 1. The zero-order chi connectivity index (χ0) is 15.9. The lowest BCUT2D eigenvalue weighted by Gasteiger charge is -2.07. The number of thiophene rings is 1. The van der Waals surface area contributed by atoms with Crippen molar-refractivity contribution in [2.45, 2.75) is 18.1 Å². The second-order valence-electron chi connectivity index (χ2n) is 4.93. The average molecular weight is 335 g/mol. The van der Waals surface area contributed by atoms with Crippen molar-refractivity contribution in [1.82, 2.24) is 0 Å². The van der Waals surface area contributed by atoms with Crippen LogP contribution < -0.4 is 10.3 Å². The van der Waals surface area contributed by atoms with Crippen molar-refractivity contribution >= 4 is 38.0 Å². The molecule has 7 heteroatoms. The summed E-state index contributed by atoms with van der Waals surface area (Å²) in [6.07, 6.45) is 0. The van der Waals surface area contributed by atoms with Crippen molar-refractivity contribution < 1.29 is 12.8 Å². The van der Waals surface area contributed by atoms with Gasteiger partial charge < -0.3 is 4.42 Å². The Hall–Kier alpha value is -2.12. The van der Waals surface area contributed by atoms with Crippen LogP contribution in [-0.2, 0) is 10.0 Å². The van der Waals surface area contributed by atoms with Gasteiger partial charge in [0.2, 0.25) is 0 Å². The monoisotopic (exact) mass is 335 g/mol. The van der Waals surface area contributed by atoms with Gasteiger partial charge in [0.05, 0.1) is 5.69 Å². The maximum Gasteiger partial charge on any atom is 0.336 e. The fraction of sp³-hybridized carbons (Fsp3) is 0.133. The summed E-state index contributed by atoms with van der Waals surface area (Å²) in [5.41, 5.74) is 1.04. The van der Waals surface area contributed by atoms with Crippen molar-refractivity contribution in [1.29, 1.82) is 0 Å². The first-order valence-electron chi connectivity index (χ1n) is 6.49. The molecule has 5 nitrogen and oxygen atoms in total. The molecule has 0 bridgehead atoms. The number of benzene rings is 1. The first kappa shape index (κ1) is 14.8. The maximum absolute atomic E-state index is 12.3. The third kappa shape index (κ3) is 2.77. The van der Waals surface area contributed by atoms with Gasteiger partial charge in [-0.1, -0.05) is 0 Å². The molecule has 0 atom stereocenters. The summed E-state index contributed by atoms with van der Waals surface area (Å²) in [6.45, 7) is 3.65. The summed E-state index contributed by atoms with van der Waals surface area (Å²) < 4.78 is 32.4. The largest absolute Gasteiger partial charge is 0.423 e. The van der Waals surface area contributed by atoms with E-state index in [0.717, 1.165) is 15.8 Å². The molecule has 1 N–H and O–H groups in total. The van der Waals surface area contributed by atoms with Crippen molar-refractivity contribution in [2.75, 3.05) is 4.72 Å². The second kappa shape index (κ2) is 5.26. The average Bonchev–Trinajstić information content (AvgIpc) is 2.85. The molecule has 0 aliphatic carbocycles. The molecule has 0 aliphatic heterocycles. The van der Waals surface area contributed by atoms with Gasteiger partial charge in [-0.25, -0.2) is 13.2 Å². The molecule has 0 spiro atoms. The van der Waals surface area contributed by atoms with Crippen LogP contribution in [0.5, 0.6) is 0 Å². The number of fused-ring (bicyclic) bond motifs is 1. The van der Waals surface area contributed by atoms with Crippen LogP contribution in [0.4, 0.5) is 5.69 Å². The van der Waals surface area contributed by atoms with Gasteiger partial charge in [0.25, 0.3) is 10.0 Å². The van der Waals surface area contributed by atoms with Crippen molar-refractivity contribution in [3.63, 3.8) is 0 Å². The van der Waals surface area contributed by atoms with E-state index >= 15 is 0 Å². The Balaban J connectivity index is 2.02. The van der Waals surface area contributed by atoms with Crippen LogP contribution in [0.25, 0.3) is 11.0 Å². The molecule has 0 radical (unpaired) electrons. The fourth-order valence-corrected chi connectivity index (χ4v) is 4.48. The molecule has 0 fully saturated rings. The second-order valence-corrected chi connectivity index (χ2v) is 8.13. The number of hydrogen-bond donors (Lipinski definition) is 1. The number of sulfonamides is 1. The SMILES string of the molecule is Cc1ccc(S(=O)(=O)Nc2ccc3c(C)cc(=O)oc3c2)s1. The standard InChI is InChI=1S/C15H13NO4S2/c1-9-7-14(17)20-13-8-11(4-5-12(9)13)16-22(18,19)15-6-3-10(2)21-15/h3-8,16H,1-2H3. The molecule has 0 amide bonds. The van der Waals surface area contributed by atoms with E-state index < -0.39 is 15.6 Å². The predicted molar refractivity (Wildman–Crippen MR) is 87.1 cm³/mol. The van der Waals surface area contributed by atoms with E-state index in [9.17, 15) is 13.2 Å². The zero-order valence-corrected chi connectivity index (χ0v) is 13.5. The van der Waals surface area contributed by atoms with Gasteiger partial charge in [-0.3, -0.25) is 4.72 Å². The number of aryl methyl sites for hydroxylation is 2. The van der Waals surface area contributed by atoms with E-state index in [4.69, 9.17) is 4.42 Å². The molecule has 0 unspecified atom stereocenters. The van der Waals surface area contributed by atoms with Crippen LogP contribution in [0.2, 0.25) is 0 Å². The van der Waals surface area contributed by atoms with E-state index in [1.54, 1.807) is 31.2 Å². The van der Waals surface area contributed by atoms with Crippen molar-refractivity contribution in [3.05, 3.63) is 57.3 Å². The summed E-state index contributed by atoms with van der Waals surface area (Å²) in [5, 5.41) is 0.773. The normalized spacial score (nSPS) is 11.7. The number of nitrogens with one attached hydrogen (secondary N) is 1. The van der Waals surface area contributed by atoms with E-state index in [-0.39, 0.29) is 4.21 Å². The van der Waals surface area contributed by atoms with Gasteiger partial charge >= 0.3 is 5.63 Å². The van der Waals surface area contributed by atoms with Crippen molar-refractivity contribution in [2.24, 2.45) is 0 Å². The topological polar surface area (TPSA) is 76.4 Å². The minimum absolute atomic E-state index is 0.246. The minimum atomic E-state index is -3.63. The van der Waals surface area contributed by atoms with Crippen molar-refractivity contribution in [3.8, 4) is 0 Å². The Kier molecular flexibility index (Phi) is 3.54. The fourth-order valence-electron chi connectivity index (χ4n) is 2.15. The summed E-state index contributed by atoms with van der Waals surface area (Å²) in [5.74, 6) is 0. The molecule has 0 saturated carbocycles. The zero-order valence-electron chi connectivity index (χ0n) is 11.9. The highest BCUT2D eigenvalue weighted by atomic mass is 32.2. The Labute approximate surface area is 131 Å². The van der Waals surface area contributed by atoms with E-state index in [1.165, 1.54) is 23.5 Å². The molecular formula is C15H13NO4S2. The van der Waals surface area contributed by atoms with Crippen LogP contribution in [-0.4, -0.2) is 8.42 Å². The predicted octanol–water partition coefficient (Wildman–Crippen LogP) is 3.27. The highest BCUT2D eigenvalue weighted by Gasteiger charge is 2.16. The maximum atomic E-state index is 12.3.